The lowest BCUT2D eigenvalue weighted by molar-refractivity contribution is 0.342. The van der Waals surface area contributed by atoms with E-state index in [9.17, 15) is 0 Å². The van der Waals surface area contributed by atoms with Crippen LogP contribution in [0.1, 0.15) is 15.2 Å². The molecule has 0 aromatic carbocycles. The van der Waals surface area contributed by atoms with Gasteiger partial charge in [0.2, 0.25) is 0 Å². The monoisotopic (exact) mass is 87.1 g/mol. The Balaban J connectivity index is 3.72. The van der Waals surface area contributed by atoms with E-state index in [1.54, 1.807) is 13.8 Å². The van der Waals surface area contributed by atoms with Crippen molar-refractivity contribution >= 4 is 0 Å². The number of aliphatic hydroxyl groups is 1. The Morgan fingerprint density at radius 3 is 2.50 bits per heavy atom. The third-order valence-corrected chi connectivity index (χ3v) is 0.433. The van der Waals surface area contributed by atoms with Gasteiger partial charge in [-0.25, -0.2) is 0 Å². The predicted octanol–water partition coefficient (Wildman–Crippen LogP) is 0.945. The van der Waals surface area contributed by atoms with Gasteiger partial charge >= 0.3 is 0 Å². The first-order valence-electron chi connectivity index (χ1n) is 2.42. The molecule has 0 amide bonds. The summed E-state index contributed by atoms with van der Waals surface area (Å²) in [5.74, 6) is 0. The molecule has 0 unspecified atom stereocenters. The van der Waals surface area contributed by atoms with E-state index < -0.39 is 0 Å². The second kappa shape index (κ2) is 2.91. The molecule has 1 N–H and O–H groups in total. The van der Waals surface area contributed by atoms with Crippen molar-refractivity contribution in [3.63, 3.8) is 0 Å². The summed E-state index contributed by atoms with van der Waals surface area (Å²) in [6.07, 6.45) is 0. The van der Waals surface area contributed by atoms with Crippen molar-refractivity contribution in [3.05, 3.63) is 11.6 Å². The molecule has 1 heteroatoms. The summed E-state index contributed by atoms with van der Waals surface area (Å²) in [4.78, 5) is 0. The average molecular weight is 87.1 g/mol. The molecule has 0 aliphatic heterocycles. The van der Waals surface area contributed by atoms with Gasteiger partial charge in [-0.1, -0.05) is 11.6 Å². The van der Waals surface area contributed by atoms with Crippen LogP contribution in [0, 0.1) is 0 Å². The van der Waals surface area contributed by atoms with Crippen LogP contribution >= 0.6 is 0 Å². The summed E-state index contributed by atoms with van der Waals surface area (Å²) in [6, 6.07) is 0.319. The fourth-order valence-electron chi connectivity index (χ4n) is 0.158. The van der Waals surface area contributed by atoms with Crippen molar-refractivity contribution in [1.29, 1.82) is 0 Å². The molecular weight excluding hydrogens is 76.1 g/mol. The average Bonchev–Trinajstić information content (AvgIpc) is 1.65. The summed E-state index contributed by atoms with van der Waals surface area (Å²) in [5.41, 5.74) is 0.877. The first-order chi connectivity index (χ1) is 3.18. The van der Waals surface area contributed by atoms with Gasteiger partial charge in [0.1, 0.15) is 0 Å². The summed E-state index contributed by atoms with van der Waals surface area (Å²) in [7, 11) is 0. The molecule has 0 aromatic rings. The van der Waals surface area contributed by atoms with Crippen LogP contribution in [-0.4, -0.2) is 11.7 Å². The molecule has 0 aromatic heterocycles. The molecule has 1 nitrogen and oxygen atoms in total. The molecule has 0 heterocycles. The highest BCUT2D eigenvalue weighted by Crippen LogP contribution is 1.83. The molecule has 36 valence electrons. The van der Waals surface area contributed by atoms with Crippen LogP contribution in [0.2, 0.25) is 0 Å². The van der Waals surface area contributed by atoms with E-state index >= 15 is 0 Å². The molecule has 0 aliphatic rings. The zero-order valence-corrected chi connectivity index (χ0v) is 4.15. The van der Waals surface area contributed by atoms with Gasteiger partial charge in [-0.3, -0.25) is 0 Å². The Morgan fingerprint density at radius 2 is 2.50 bits per heavy atom. The lowest BCUT2D eigenvalue weighted by Crippen LogP contribution is -1.71. The molecule has 0 saturated carbocycles. The van der Waals surface area contributed by atoms with E-state index in [1.807, 2.05) is 0 Å². The van der Waals surface area contributed by atoms with Crippen LogP contribution in [-0.2, 0) is 0 Å². The highest BCUT2D eigenvalue weighted by Gasteiger charge is 1.68. The van der Waals surface area contributed by atoms with Crippen molar-refractivity contribution in [2.45, 2.75) is 13.8 Å². The zero-order chi connectivity index (χ0) is 5.86. The summed E-state index contributed by atoms with van der Waals surface area (Å²) in [6.45, 7) is 3.47. The highest BCUT2D eigenvalue weighted by atomic mass is 16.2. The third kappa shape index (κ3) is 3.70. The van der Waals surface area contributed by atoms with E-state index in [4.69, 9.17) is 6.48 Å². The summed E-state index contributed by atoms with van der Waals surface area (Å²) < 4.78 is 6.91. The molecule has 0 fully saturated rings. The maximum absolute atomic E-state index is 8.26. The molecule has 0 bridgehead atoms. The lowest BCUT2D eigenvalue weighted by Gasteiger charge is -1.80. The SMILES string of the molecule is [2H]C(CO)=C(C)C. The fraction of sp³-hybridized carbons (Fsp3) is 0.600. The predicted molar refractivity (Wildman–Crippen MR) is 26.5 cm³/mol. The van der Waals surface area contributed by atoms with Gasteiger partial charge in [0.25, 0.3) is 0 Å². The molecule has 0 radical (unpaired) electrons. The topological polar surface area (TPSA) is 20.2 Å². The standard InChI is InChI=1S/C5H10O/c1-5(2)3-4-6/h3,6H,4H2,1-2H3/i3D. The maximum atomic E-state index is 8.26. The maximum Gasteiger partial charge on any atom is 0.0614 e. The van der Waals surface area contributed by atoms with Crippen LogP contribution in [0.25, 0.3) is 0 Å². The Labute approximate surface area is 39.7 Å². The quantitative estimate of drug-likeness (QED) is 0.472. The highest BCUT2D eigenvalue weighted by molar-refractivity contribution is 4.91. The van der Waals surface area contributed by atoms with Gasteiger partial charge in [-0.2, -0.15) is 0 Å². The number of rotatable bonds is 1. The van der Waals surface area contributed by atoms with Crippen molar-refractivity contribution in [2.75, 3.05) is 6.61 Å². The molecule has 6 heavy (non-hydrogen) atoms. The number of hydrogen-bond acceptors (Lipinski definition) is 1. The van der Waals surface area contributed by atoms with Crippen LogP contribution in [0.4, 0.5) is 0 Å². The number of allylic oxidation sites excluding steroid dienone is 1. The van der Waals surface area contributed by atoms with Gasteiger partial charge in [0, 0.05) is 0 Å². The Morgan fingerprint density at radius 1 is 2.00 bits per heavy atom. The number of hydrogen-bond donors (Lipinski definition) is 1. The third-order valence-electron chi connectivity index (χ3n) is 0.433. The minimum Gasteiger partial charge on any atom is -0.392 e. The molecule has 0 saturated heterocycles. The van der Waals surface area contributed by atoms with Crippen LogP contribution < -0.4 is 0 Å². The van der Waals surface area contributed by atoms with Crippen LogP contribution in [0.3, 0.4) is 0 Å². The second-order valence-corrected chi connectivity index (χ2v) is 1.33. The van der Waals surface area contributed by atoms with Gasteiger partial charge in [0.05, 0.1) is 7.98 Å². The Kier molecular flexibility index (Phi) is 1.88. The van der Waals surface area contributed by atoms with Crippen molar-refractivity contribution < 1.29 is 6.48 Å². The second-order valence-electron chi connectivity index (χ2n) is 1.33. The van der Waals surface area contributed by atoms with Gasteiger partial charge in [-0.05, 0) is 13.8 Å². The van der Waals surface area contributed by atoms with Gasteiger partial charge in [-0.15, -0.1) is 0 Å². The van der Waals surface area contributed by atoms with E-state index in [-0.39, 0.29) is 6.61 Å². The van der Waals surface area contributed by atoms with E-state index in [2.05, 4.69) is 0 Å². The zero-order valence-electron chi connectivity index (χ0n) is 5.15. The number of aliphatic hydroxyl groups excluding tert-OH is 1. The molecule has 0 rings (SSSR count). The summed E-state index contributed by atoms with van der Waals surface area (Å²) in [5, 5.41) is 8.26. The van der Waals surface area contributed by atoms with E-state index in [0.29, 0.717) is 6.05 Å². The van der Waals surface area contributed by atoms with Crippen molar-refractivity contribution in [1.82, 2.24) is 0 Å². The first kappa shape index (κ1) is 3.88. The first-order valence-corrected chi connectivity index (χ1v) is 1.92. The van der Waals surface area contributed by atoms with Crippen molar-refractivity contribution in [2.24, 2.45) is 0 Å². The smallest absolute Gasteiger partial charge is 0.0614 e. The van der Waals surface area contributed by atoms with E-state index in [0.717, 1.165) is 5.57 Å². The molecular formula is C5H10O. The molecule has 0 spiro atoms. The van der Waals surface area contributed by atoms with Crippen molar-refractivity contribution in [3.8, 4) is 0 Å². The van der Waals surface area contributed by atoms with Crippen LogP contribution in [0.15, 0.2) is 11.6 Å². The minimum absolute atomic E-state index is 0.137. The Bertz CT molecular complexity index is 82.1. The normalized spacial score (nSPS) is 10.2. The minimum atomic E-state index is -0.137. The molecule has 0 atom stereocenters. The molecule has 0 aliphatic carbocycles. The fourth-order valence-corrected chi connectivity index (χ4v) is 0.158. The largest absolute Gasteiger partial charge is 0.392 e. The van der Waals surface area contributed by atoms with Gasteiger partial charge in [0.15, 0.2) is 0 Å². The lowest BCUT2D eigenvalue weighted by atomic mass is 10.3. The van der Waals surface area contributed by atoms with Gasteiger partial charge < -0.3 is 5.11 Å². The Hall–Kier alpha value is -0.300. The van der Waals surface area contributed by atoms with E-state index in [1.165, 1.54) is 0 Å². The van der Waals surface area contributed by atoms with Crippen LogP contribution in [0.5, 0.6) is 0 Å². The summed E-state index contributed by atoms with van der Waals surface area (Å²) >= 11 is 0.